The van der Waals surface area contributed by atoms with Crippen LogP contribution in [0.3, 0.4) is 0 Å². The summed E-state index contributed by atoms with van der Waals surface area (Å²) in [5, 5.41) is 0. The van der Waals surface area contributed by atoms with Crippen LogP contribution in [-0.2, 0) is 10.2 Å². The molecule has 1 aliphatic rings. The predicted octanol–water partition coefficient (Wildman–Crippen LogP) is 1.10. The van der Waals surface area contributed by atoms with E-state index >= 15 is 0 Å². The Kier molecular flexibility index (Phi) is 3.41. The van der Waals surface area contributed by atoms with E-state index in [1.165, 1.54) is 0 Å². The number of rotatable bonds is 3. The molecule has 0 spiro atoms. The second-order valence-corrected chi connectivity index (χ2v) is 4.15. The molecule has 0 bridgehead atoms. The molecule has 0 saturated carbocycles. The lowest BCUT2D eigenvalue weighted by molar-refractivity contribution is 0.0506. The Morgan fingerprint density at radius 3 is 2.88 bits per heavy atom. The van der Waals surface area contributed by atoms with Crippen LogP contribution in [0.15, 0.2) is 18.3 Å². The van der Waals surface area contributed by atoms with Crippen LogP contribution in [0, 0.1) is 0 Å². The third-order valence-corrected chi connectivity index (χ3v) is 3.33. The maximum Gasteiger partial charge on any atom is 0.140 e. The summed E-state index contributed by atoms with van der Waals surface area (Å²) in [7, 11) is 1.67. The molecule has 2 N–H and O–H groups in total. The summed E-state index contributed by atoms with van der Waals surface area (Å²) in [6.45, 7) is 2.08. The molecule has 2 rings (SSSR count). The van der Waals surface area contributed by atoms with E-state index in [0.29, 0.717) is 6.54 Å². The second-order valence-electron chi connectivity index (χ2n) is 4.15. The van der Waals surface area contributed by atoms with Gasteiger partial charge in [-0.3, -0.25) is 4.98 Å². The van der Waals surface area contributed by atoms with E-state index in [0.717, 1.165) is 37.5 Å². The number of ether oxygens (including phenoxy) is 2. The Labute approximate surface area is 95.8 Å². The molecule has 4 nitrogen and oxygen atoms in total. The van der Waals surface area contributed by atoms with Gasteiger partial charge in [-0.05, 0) is 25.0 Å². The van der Waals surface area contributed by atoms with E-state index in [1.807, 2.05) is 12.1 Å². The van der Waals surface area contributed by atoms with Crippen LogP contribution in [0.2, 0.25) is 0 Å². The van der Waals surface area contributed by atoms with Gasteiger partial charge in [0.2, 0.25) is 0 Å². The fourth-order valence-electron chi connectivity index (χ4n) is 2.25. The zero-order chi connectivity index (χ0) is 11.4. The lowest BCUT2D eigenvalue weighted by atomic mass is 9.76. The smallest absolute Gasteiger partial charge is 0.140 e. The zero-order valence-corrected chi connectivity index (χ0v) is 9.61. The first-order valence-electron chi connectivity index (χ1n) is 5.60. The number of nitrogens with zero attached hydrogens (tertiary/aromatic N) is 1. The van der Waals surface area contributed by atoms with Crippen molar-refractivity contribution in [1.29, 1.82) is 0 Å². The van der Waals surface area contributed by atoms with Gasteiger partial charge in [0, 0.05) is 31.4 Å². The zero-order valence-electron chi connectivity index (χ0n) is 9.61. The third kappa shape index (κ3) is 1.90. The monoisotopic (exact) mass is 222 g/mol. The summed E-state index contributed by atoms with van der Waals surface area (Å²) < 4.78 is 10.8. The van der Waals surface area contributed by atoms with Crippen LogP contribution in [-0.4, -0.2) is 31.9 Å². The van der Waals surface area contributed by atoms with Crippen molar-refractivity contribution in [3.8, 4) is 5.75 Å². The first kappa shape index (κ1) is 11.4. The lowest BCUT2D eigenvalue weighted by Crippen LogP contribution is -2.41. The highest BCUT2D eigenvalue weighted by atomic mass is 16.5. The SMILES string of the molecule is COc1cccnc1C1(CN)CCOCC1. The van der Waals surface area contributed by atoms with Crippen molar-refractivity contribution in [2.75, 3.05) is 26.9 Å². The van der Waals surface area contributed by atoms with Gasteiger partial charge in [0.15, 0.2) is 0 Å². The van der Waals surface area contributed by atoms with Crippen molar-refractivity contribution in [3.63, 3.8) is 0 Å². The standard InChI is InChI=1S/C12H18N2O2/c1-15-10-3-2-6-14-11(10)12(9-13)4-7-16-8-5-12/h2-3,6H,4-5,7-9,13H2,1H3. The molecule has 1 saturated heterocycles. The highest BCUT2D eigenvalue weighted by Gasteiger charge is 2.36. The lowest BCUT2D eigenvalue weighted by Gasteiger charge is -2.36. The minimum absolute atomic E-state index is 0.0785. The minimum atomic E-state index is -0.0785. The van der Waals surface area contributed by atoms with Crippen LogP contribution < -0.4 is 10.5 Å². The van der Waals surface area contributed by atoms with Gasteiger partial charge in [0.25, 0.3) is 0 Å². The van der Waals surface area contributed by atoms with Crippen molar-refractivity contribution in [2.24, 2.45) is 5.73 Å². The molecule has 0 amide bonds. The Hall–Kier alpha value is -1.13. The van der Waals surface area contributed by atoms with E-state index in [4.69, 9.17) is 15.2 Å². The maximum absolute atomic E-state index is 5.94. The van der Waals surface area contributed by atoms with Crippen LogP contribution in [0.25, 0.3) is 0 Å². The van der Waals surface area contributed by atoms with Crippen molar-refractivity contribution in [1.82, 2.24) is 4.98 Å². The summed E-state index contributed by atoms with van der Waals surface area (Å²) in [5.41, 5.74) is 6.84. The first-order chi connectivity index (χ1) is 7.82. The average Bonchev–Trinajstić information content (AvgIpc) is 2.39. The molecule has 1 aromatic heterocycles. The summed E-state index contributed by atoms with van der Waals surface area (Å²) in [6.07, 6.45) is 3.62. The fourth-order valence-corrected chi connectivity index (χ4v) is 2.25. The average molecular weight is 222 g/mol. The van der Waals surface area contributed by atoms with Crippen molar-refractivity contribution >= 4 is 0 Å². The van der Waals surface area contributed by atoms with Gasteiger partial charge in [-0.15, -0.1) is 0 Å². The van der Waals surface area contributed by atoms with Gasteiger partial charge < -0.3 is 15.2 Å². The molecule has 88 valence electrons. The Morgan fingerprint density at radius 1 is 1.50 bits per heavy atom. The Bertz CT molecular complexity index is 349. The molecule has 1 fully saturated rings. The number of aromatic nitrogens is 1. The van der Waals surface area contributed by atoms with Crippen LogP contribution in [0.5, 0.6) is 5.75 Å². The molecular weight excluding hydrogens is 204 g/mol. The predicted molar refractivity (Wildman–Crippen MR) is 61.6 cm³/mol. The molecule has 4 heteroatoms. The van der Waals surface area contributed by atoms with Gasteiger partial charge in [0.1, 0.15) is 5.75 Å². The molecule has 1 aliphatic heterocycles. The van der Waals surface area contributed by atoms with Gasteiger partial charge in [-0.2, -0.15) is 0 Å². The van der Waals surface area contributed by atoms with Crippen molar-refractivity contribution < 1.29 is 9.47 Å². The van der Waals surface area contributed by atoms with Gasteiger partial charge in [-0.1, -0.05) is 0 Å². The highest BCUT2D eigenvalue weighted by molar-refractivity contribution is 5.34. The summed E-state index contributed by atoms with van der Waals surface area (Å²) >= 11 is 0. The number of pyridine rings is 1. The summed E-state index contributed by atoms with van der Waals surface area (Å²) in [5.74, 6) is 0.829. The normalized spacial score (nSPS) is 19.4. The van der Waals surface area contributed by atoms with E-state index < -0.39 is 0 Å². The topological polar surface area (TPSA) is 57.4 Å². The summed E-state index contributed by atoms with van der Waals surface area (Å²) in [6, 6.07) is 3.82. The third-order valence-electron chi connectivity index (χ3n) is 3.33. The van der Waals surface area contributed by atoms with Gasteiger partial charge >= 0.3 is 0 Å². The first-order valence-corrected chi connectivity index (χ1v) is 5.60. The molecule has 1 aromatic rings. The van der Waals surface area contributed by atoms with Crippen molar-refractivity contribution in [3.05, 3.63) is 24.0 Å². The number of hydrogen-bond donors (Lipinski definition) is 1. The van der Waals surface area contributed by atoms with E-state index in [1.54, 1.807) is 13.3 Å². The maximum atomic E-state index is 5.94. The van der Waals surface area contributed by atoms with Crippen LogP contribution in [0.4, 0.5) is 0 Å². The molecule has 0 aromatic carbocycles. The highest BCUT2D eigenvalue weighted by Crippen LogP contribution is 2.37. The van der Waals surface area contributed by atoms with Crippen molar-refractivity contribution in [2.45, 2.75) is 18.3 Å². The molecule has 0 atom stereocenters. The molecule has 16 heavy (non-hydrogen) atoms. The largest absolute Gasteiger partial charge is 0.495 e. The summed E-state index contributed by atoms with van der Waals surface area (Å²) in [4.78, 5) is 4.46. The minimum Gasteiger partial charge on any atom is -0.495 e. The number of hydrogen-bond acceptors (Lipinski definition) is 4. The fraction of sp³-hybridized carbons (Fsp3) is 0.583. The Balaban J connectivity index is 2.38. The van der Waals surface area contributed by atoms with Crippen LogP contribution in [0.1, 0.15) is 18.5 Å². The number of methoxy groups -OCH3 is 1. The van der Waals surface area contributed by atoms with Gasteiger partial charge in [0.05, 0.1) is 12.8 Å². The molecule has 0 unspecified atom stereocenters. The van der Waals surface area contributed by atoms with E-state index in [-0.39, 0.29) is 5.41 Å². The Morgan fingerprint density at radius 2 is 2.25 bits per heavy atom. The quantitative estimate of drug-likeness (QED) is 0.832. The van der Waals surface area contributed by atoms with Gasteiger partial charge in [-0.25, -0.2) is 0 Å². The molecular formula is C12H18N2O2. The number of nitrogens with two attached hydrogens (primary N) is 1. The molecule has 2 heterocycles. The second kappa shape index (κ2) is 4.80. The van der Waals surface area contributed by atoms with Crippen LogP contribution >= 0.6 is 0 Å². The van der Waals surface area contributed by atoms with E-state index in [9.17, 15) is 0 Å². The molecule has 0 aliphatic carbocycles. The molecule has 0 radical (unpaired) electrons. The van der Waals surface area contributed by atoms with E-state index in [2.05, 4.69) is 4.98 Å².